The molecule has 2 aromatic carbocycles. The molecule has 29 heavy (non-hydrogen) atoms. The number of carbonyl (C=O) groups is 3. The quantitative estimate of drug-likeness (QED) is 0.350. The van der Waals surface area contributed by atoms with E-state index < -0.39 is 5.97 Å². The molecule has 0 saturated carbocycles. The Hall–Kier alpha value is -2.93. The number of allylic oxidation sites excluding steroid dienone is 1. The van der Waals surface area contributed by atoms with Gasteiger partial charge in [0.2, 0.25) is 0 Å². The maximum Gasteiger partial charge on any atom is 0.344 e. The lowest BCUT2D eigenvalue weighted by atomic mass is 10.1. The van der Waals surface area contributed by atoms with Gasteiger partial charge < -0.3 is 14.2 Å². The first-order valence-corrected chi connectivity index (χ1v) is 9.90. The first-order valence-electron chi connectivity index (χ1n) is 9.11. The summed E-state index contributed by atoms with van der Waals surface area (Å²) >= 11 is 3.41. The molecule has 7 heteroatoms. The van der Waals surface area contributed by atoms with Gasteiger partial charge in [0, 0.05) is 11.1 Å². The summed E-state index contributed by atoms with van der Waals surface area (Å²) in [5, 5.41) is 0. The van der Waals surface area contributed by atoms with E-state index in [9.17, 15) is 14.4 Å². The third-order valence-electron chi connectivity index (χ3n) is 4.19. The van der Waals surface area contributed by atoms with Crippen molar-refractivity contribution >= 4 is 39.5 Å². The average Bonchev–Trinajstić information content (AvgIpc) is 2.93. The number of fused-ring (bicyclic) bond motifs is 1. The van der Waals surface area contributed by atoms with E-state index in [4.69, 9.17) is 14.2 Å². The largest absolute Gasteiger partial charge is 0.490 e. The molecule has 0 bridgehead atoms. The second kappa shape index (κ2) is 9.05. The van der Waals surface area contributed by atoms with Crippen molar-refractivity contribution in [2.75, 3.05) is 19.8 Å². The first-order chi connectivity index (χ1) is 14.0. The van der Waals surface area contributed by atoms with Gasteiger partial charge in [0.15, 0.2) is 29.7 Å². The first kappa shape index (κ1) is 20.8. The molecule has 1 aliphatic carbocycles. The Morgan fingerprint density at radius 3 is 2.24 bits per heavy atom. The van der Waals surface area contributed by atoms with Crippen molar-refractivity contribution in [1.82, 2.24) is 0 Å². The molecule has 0 aromatic heterocycles. The molecular weight excluding hydrogens is 440 g/mol. The van der Waals surface area contributed by atoms with Crippen molar-refractivity contribution in [3.05, 3.63) is 63.1 Å². The number of Topliss-reactive ketones (excluding diaryl/α,β-unsaturated/α-hetero) is 2. The van der Waals surface area contributed by atoms with Gasteiger partial charge in [0.25, 0.3) is 0 Å². The van der Waals surface area contributed by atoms with Gasteiger partial charge in [-0.3, -0.25) is 9.59 Å². The molecule has 1 aliphatic rings. The summed E-state index contributed by atoms with van der Waals surface area (Å²) < 4.78 is 16.6. The summed E-state index contributed by atoms with van der Waals surface area (Å²) in [5.41, 5.74) is 1.50. The van der Waals surface area contributed by atoms with Crippen molar-refractivity contribution in [3.8, 4) is 11.5 Å². The summed E-state index contributed by atoms with van der Waals surface area (Å²) in [5.74, 6) is -0.375. The van der Waals surface area contributed by atoms with Crippen LogP contribution in [0, 0.1) is 0 Å². The lowest BCUT2D eigenvalue weighted by Gasteiger charge is -2.14. The van der Waals surface area contributed by atoms with Crippen LogP contribution in [0.3, 0.4) is 0 Å². The predicted octanol–water partition coefficient (Wildman–Crippen LogP) is 4.25. The number of esters is 1. The van der Waals surface area contributed by atoms with Crippen LogP contribution in [-0.2, 0) is 9.53 Å². The predicted molar refractivity (Wildman–Crippen MR) is 111 cm³/mol. The highest BCUT2D eigenvalue weighted by atomic mass is 79.9. The van der Waals surface area contributed by atoms with Crippen LogP contribution in [0.5, 0.6) is 11.5 Å². The van der Waals surface area contributed by atoms with E-state index in [2.05, 4.69) is 15.9 Å². The number of hydrogen-bond donors (Lipinski definition) is 0. The van der Waals surface area contributed by atoms with Gasteiger partial charge >= 0.3 is 5.97 Å². The fraction of sp³-hybridized carbons (Fsp3) is 0.227. The molecule has 0 unspecified atom stereocenters. The number of benzene rings is 2. The van der Waals surface area contributed by atoms with Gasteiger partial charge in [-0.25, -0.2) is 4.79 Å². The van der Waals surface area contributed by atoms with E-state index >= 15 is 0 Å². The van der Waals surface area contributed by atoms with Crippen LogP contribution >= 0.6 is 15.9 Å². The van der Waals surface area contributed by atoms with Crippen LogP contribution < -0.4 is 9.47 Å². The molecule has 0 fully saturated rings. The van der Waals surface area contributed by atoms with Crippen molar-refractivity contribution < 1.29 is 28.6 Å². The summed E-state index contributed by atoms with van der Waals surface area (Å²) in [6.07, 6.45) is 1.53. The number of hydrogen-bond acceptors (Lipinski definition) is 6. The molecule has 2 aromatic rings. The molecule has 3 rings (SSSR count). The summed E-state index contributed by atoms with van der Waals surface area (Å²) in [6, 6.07) is 10.1. The Labute approximate surface area is 176 Å². The van der Waals surface area contributed by atoms with Crippen LogP contribution in [0.15, 0.2) is 46.4 Å². The fourth-order valence-corrected chi connectivity index (χ4v) is 3.55. The smallest absolute Gasteiger partial charge is 0.344 e. The fourth-order valence-electron chi connectivity index (χ4n) is 2.98. The molecule has 0 saturated heterocycles. The van der Waals surface area contributed by atoms with Gasteiger partial charge in [-0.2, -0.15) is 0 Å². The highest BCUT2D eigenvalue weighted by Crippen LogP contribution is 2.38. The number of carbonyl (C=O) groups excluding carboxylic acids is 3. The molecule has 0 amide bonds. The standard InChI is InChI=1S/C22H19BrO6/c1-3-27-18-11-13(10-17(23)22(18)29-12-19(24)28-4-2)9-16-20(25)14-7-5-6-8-15(14)21(16)26/h5-11H,3-4,12H2,1-2H3. The lowest BCUT2D eigenvalue weighted by molar-refractivity contribution is -0.145. The second-order valence-electron chi connectivity index (χ2n) is 6.12. The molecule has 0 radical (unpaired) electrons. The van der Waals surface area contributed by atoms with Crippen molar-refractivity contribution in [2.24, 2.45) is 0 Å². The minimum atomic E-state index is -0.493. The van der Waals surface area contributed by atoms with Crippen LogP contribution in [-0.4, -0.2) is 37.4 Å². The highest BCUT2D eigenvalue weighted by Gasteiger charge is 2.32. The molecular formula is C22H19BrO6. The van der Waals surface area contributed by atoms with Crippen LogP contribution in [0.4, 0.5) is 0 Å². The van der Waals surface area contributed by atoms with Gasteiger partial charge in [0.1, 0.15) is 0 Å². The molecule has 0 N–H and O–H groups in total. The zero-order valence-electron chi connectivity index (χ0n) is 16.0. The van der Waals surface area contributed by atoms with Gasteiger partial charge in [-0.05, 0) is 53.5 Å². The number of ketones is 2. The topological polar surface area (TPSA) is 78.9 Å². The summed E-state index contributed by atoms with van der Waals surface area (Å²) in [6.45, 7) is 3.89. The number of ether oxygens (including phenoxy) is 3. The Bertz CT molecular complexity index is 971. The SMILES string of the molecule is CCOC(=O)COc1c(Br)cc(C=C2C(=O)c3ccccc3C2=O)cc1OCC. The van der Waals surface area contributed by atoms with E-state index in [-0.39, 0.29) is 30.4 Å². The Kier molecular flexibility index (Phi) is 6.49. The number of rotatable bonds is 7. The van der Waals surface area contributed by atoms with E-state index in [1.54, 1.807) is 43.3 Å². The molecule has 150 valence electrons. The highest BCUT2D eigenvalue weighted by molar-refractivity contribution is 9.10. The van der Waals surface area contributed by atoms with E-state index in [0.29, 0.717) is 39.3 Å². The average molecular weight is 459 g/mol. The van der Waals surface area contributed by atoms with Crippen LogP contribution in [0.2, 0.25) is 0 Å². The third kappa shape index (κ3) is 4.40. The maximum absolute atomic E-state index is 12.6. The minimum Gasteiger partial charge on any atom is -0.490 e. The zero-order valence-corrected chi connectivity index (χ0v) is 17.6. The van der Waals surface area contributed by atoms with Gasteiger partial charge in [-0.15, -0.1) is 0 Å². The second-order valence-corrected chi connectivity index (χ2v) is 6.97. The van der Waals surface area contributed by atoms with Crippen LogP contribution in [0.1, 0.15) is 40.1 Å². The van der Waals surface area contributed by atoms with E-state index in [1.807, 2.05) is 6.92 Å². The zero-order chi connectivity index (χ0) is 21.0. The number of halogens is 1. The van der Waals surface area contributed by atoms with Crippen LogP contribution in [0.25, 0.3) is 6.08 Å². The van der Waals surface area contributed by atoms with Crippen molar-refractivity contribution in [3.63, 3.8) is 0 Å². The molecule has 0 spiro atoms. The molecule has 0 atom stereocenters. The minimum absolute atomic E-state index is 0.0979. The van der Waals surface area contributed by atoms with Crippen molar-refractivity contribution in [1.29, 1.82) is 0 Å². The monoisotopic (exact) mass is 458 g/mol. The molecule has 0 aliphatic heterocycles. The lowest BCUT2D eigenvalue weighted by Crippen LogP contribution is -2.15. The third-order valence-corrected chi connectivity index (χ3v) is 4.78. The van der Waals surface area contributed by atoms with E-state index in [0.717, 1.165) is 0 Å². The van der Waals surface area contributed by atoms with Gasteiger partial charge in [0.05, 0.1) is 23.3 Å². The maximum atomic E-state index is 12.6. The molecule has 0 heterocycles. The Balaban J connectivity index is 1.93. The van der Waals surface area contributed by atoms with Crippen molar-refractivity contribution in [2.45, 2.75) is 13.8 Å². The molecule has 6 nitrogen and oxygen atoms in total. The van der Waals surface area contributed by atoms with E-state index in [1.165, 1.54) is 6.08 Å². The normalized spacial score (nSPS) is 12.6. The summed E-state index contributed by atoms with van der Waals surface area (Å²) in [4.78, 5) is 36.8. The Morgan fingerprint density at radius 1 is 1.00 bits per heavy atom. The summed E-state index contributed by atoms with van der Waals surface area (Å²) in [7, 11) is 0. The Morgan fingerprint density at radius 2 is 1.66 bits per heavy atom. The van der Waals surface area contributed by atoms with Gasteiger partial charge in [-0.1, -0.05) is 24.3 Å².